The lowest BCUT2D eigenvalue weighted by Crippen LogP contribution is -2.32. The highest BCUT2D eigenvalue weighted by Gasteiger charge is 2.19. The van der Waals surface area contributed by atoms with E-state index in [1.165, 1.54) is 6.33 Å². The van der Waals surface area contributed by atoms with Gasteiger partial charge in [-0.3, -0.25) is 5.32 Å². The van der Waals surface area contributed by atoms with E-state index >= 15 is 0 Å². The monoisotopic (exact) mass is 449 g/mol. The normalized spacial score (nSPS) is 15.7. The molecule has 2 aromatic carbocycles. The van der Waals surface area contributed by atoms with Gasteiger partial charge in [0.1, 0.15) is 12.1 Å². The predicted octanol–water partition coefficient (Wildman–Crippen LogP) is 4.24. The molecule has 0 spiro atoms. The number of methoxy groups -OCH3 is 1. The van der Waals surface area contributed by atoms with Crippen LogP contribution in [-0.4, -0.2) is 54.8 Å². The zero-order valence-corrected chi connectivity index (χ0v) is 19.4. The second-order valence-corrected chi connectivity index (χ2v) is 8.53. The summed E-state index contributed by atoms with van der Waals surface area (Å²) < 4.78 is 11.7. The number of piperidine rings is 1. The first-order chi connectivity index (χ1) is 16.0. The maximum absolute atomic E-state index is 12.6. The number of rotatable bonds is 7. The van der Waals surface area contributed by atoms with Gasteiger partial charge in [0.05, 0.1) is 25.3 Å². The Morgan fingerprint density at radius 1 is 1.15 bits per heavy atom. The molecule has 33 heavy (non-hydrogen) atoms. The molecule has 2 N–H and O–H groups in total. The van der Waals surface area contributed by atoms with Gasteiger partial charge in [-0.05, 0) is 57.5 Å². The van der Waals surface area contributed by atoms with Crippen LogP contribution in [0.25, 0.3) is 10.9 Å². The van der Waals surface area contributed by atoms with E-state index in [1.54, 1.807) is 7.11 Å². The maximum atomic E-state index is 12.6. The van der Waals surface area contributed by atoms with Gasteiger partial charge in [0.2, 0.25) is 0 Å². The smallest absolute Gasteiger partial charge is 0.320 e. The minimum atomic E-state index is -0.340. The molecule has 1 saturated heterocycles. The van der Waals surface area contributed by atoms with Gasteiger partial charge in [-0.15, -0.1) is 0 Å². The quantitative estimate of drug-likeness (QED) is 0.561. The van der Waals surface area contributed by atoms with Crippen molar-refractivity contribution in [2.45, 2.75) is 25.8 Å². The van der Waals surface area contributed by atoms with Crippen molar-refractivity contribution in [3.8, 4) is 11.5 Å². The maximum Gasteiger partial charge on any atom is 0.320 e. The average Bonchev–Trinajstić information content (AvgIpc) is 2.83. The van der Waals surface area contributed by atoms with Gasteiger partial charge in [0, 0.05) is 11.5 Å². The molecule has 4 rings (SSSR count). The van der Waals surface area contributed by atoms with Gasteiger partial charge in [-0.25, -0.2) is 14.8 Å². The van der Waals surface area contributed by atoms with Gasteiger partial charge in [0.25, 0.3) is 0 Å². The summed E-state index contributed by atoms with van der Waals surface area (Å²) in [4.78, 5) is 23.6. The molecule has 1 fully saturated rings. The van der Waals surface area contributed by atoms with Crippen LogP contribution in [0, 0.1) is 5.92 Å². The van der Waals surface area contributed by atoms with Gasteiger partial charge >= 0.3 is 6.03 Å². The minimum Gasteiger partial charge on any atom is -0.493 e. The van der Waals surface area contributed by atoms with Gasteiger partial charge in [0.15, 0.2) is 11.5 Å². The molecule has 3 aromatic rings. The molecule has 0 bridgehead atoms. The average molecular weight is 450 g/mol. The standard InChI is InChI=1S/C25H31N5O3/c1-17(19-7-5-4-6-8-19)28-25(31)29-24-20-13-22(32-3)23(14-21(20)26-16-27-24)33-15-18-9-11-30(2)12-10-18/h4-8,13-14,16-18H,9-12,15H2,1-3H3,(H2,26,27,28,29,31)/t17-/m0/s1. The van der Waals surface area contributed by atoms with Crippen LogP contribution in [0.5, 0.6) is 11.5 Å². The number of fused-ring (bicyclic) bond motifs is 1. The molecule has 0 unspecified atom stereocenters. The first-order valence-electron chi connectivity index (χ1n) is 11.3. The summed E-state index contributed by atoms with van der Waals surface area (Å²) in [6.45, 7) is 4.77. The summed E-state index contributed by atoms with van der Waals surface area (Å²) in [7, 11) is 3.76. The highest BCUT2D eigenvalue weighted by atomic mass is 16.5. The molecule has 1 aromatic heterocycles. The molecule has 1 atom stereocenters. The summed E-state index contributed by atoms with van der Waals surface area (Å²) in [6.07, 6.45) is 3.68. The lowest BCUT2D eigenvalue weighted by molar-refractivity contribution is 0.157. The Morgan fingerprint density at radius 2 is 1.91 bits per heavy atom. The number of nitrogens with one attached hydrogen (secondary N) is 2. The zero-order chi connectivity index (χ0) is 23.2. The summed E-state index contributed by atoms with van der Waals surface area (Å²) in [6, 6.07) is 13.0. The number of nitrogens with zero attached hydrogens (tertiary/aromatic N) is 3. The fraction of sp³-hybridized carbons (Fsp3) is 0.400. The molecule has 8 nitrogen and oxygen atoms in total. The second kappa shape index (κ2) is 10.5. The number of hydrogen-bond donors (Lipinski definition) is 2. The SMILES string of the molecule is COc1cc2c(NC(=O)N[C@@H](C)c3ccccc3)ncnc2cc1OCC1CCN(C)CC1. The van der Waals surface area contributed by atoms with Crippen molar-refractivity contribution in [1.29, 1.82) is 0 Å². The number of hydrogen-bond acceptors (Lipinski definition) is 6. The van der Waals surface area contributed by atoms with E-state index in [4.69, 9.17) is 9.47 Å². The molecule has 0 saturated carbocycles. The molecule has 1 aliphatic rings. The Labute approximate surface area is 194 Å². The first kappa shape index (κ1) is 22.8. The van der Waals surface area contributed by atoms with Crippen molar-refractivity contribution in [3.63, 3.8) is 0 Å². The Hall–Kier alpha value is -3.39. The van der Waals surface area contributed by atoms with E-state index < -0.39 is 0 Å². The van der Waals surface area contributed by atoms with Crippen LogP contribution in [-0.2, 0) is 0 Å². The molecule has 174 valence electrons. The van der Waals surface area contributed by atoms with E-state index in [0.717, 1.165) is 31.5 Å². The van der Waals surface area contributed by atoms with E-state index in [1.807, 2.05) is 49.4 Å². The number of ether oxygens (including phenoxy) is 2. The van der Waals surface area contributed by atoms with Crippen molar-refractivity contribution in [1.82, 2.24) is 20.2 Å². The van der Waals surface area contributed by atoms with Crippen molar-refractivity contribution >= 4 is 22.8 Å². The van der Waals surface area contributed by atoms with Gasteiger partial charge in [-0.2, -0.15) is 0 Å². The van der Waals surface area contributed by atoms with Crippen LogP contribution < -0.4 is 20.1 Å². The van der Waals surface area contributed by atoms with Crippen molar-refractivity contribution in [2.24, 2.45) is 5.92 Å². The summed E-state index contributed by atoms with van der Waals surface area (Å²) >= 11 is 0. The van der Waals surface area contributed by atoms with E-state index in [-0.39, 0.29) is 12.1 Å². The summed E-state index contributed by atoms with van der Waals surface area (Å²) in [5.41, 5.74) is 1.70. The number of amides is 2. The summed E-state index contributed by atoms with van der Waals surface area (Å²) in [5.74, 6) is 2.18. The second-order valence-electron chi connectivity index (χ2n) is 8.53. The highest BCUT2D eigenvalue weighted by molar-refractivity contribution is 5.99. The Morgan fingerprint density at radius 3 is 2.64 bits per heavy atom. The number of urea groups is 1. The molecular weight excluding hydrogens is 418 g/mol. The van der Waals surface area contributed by atoms with Crippen LogP contribution in [0.3, 0.4) is 0 Å². The van der Waals surface area contributed by atoms with Gasteiger partial charge < -0.3 is 19.7 Å². The van der Waals surface area contributed by atoms with Crippen molar-refractivity contribution < 1.29 is 14.3 Å². The third kappa shape index (κ3) is 5.70. The molecule has 2 heterocycles. The first-order valence-corrected chi connectivity index (χ1v) is 11.3. The largest absolute Gasteiger partial charge is 0.493 e. The lowest BCUT2D eigenvalue weighted by atomic mass is 9.98. The molecule has 2 amide bonds. The number of likely N-dealkylation sites (tertiary alicyclic amines) is 1. The predicted molar refractivity (Wildman–Crippen MR) is 129 cm³/mol. The number of anilines is 1. The third-order valence-corrected chi connectivity index (χ3v) is 6.11. The zero-order valence-electron chi connectivity index (χ0n) is 19.4. The Kier molecular flexibility index (Phi) is 7.24. The number of carbonyl (C=O) groups is 1. The van der Waals surface area contributed by atoms with Crippen LogP contribution in [0.1, 0.15) is 31.4 Å². The Balaban J connectivity index is 1.47. The number of benzene rings is 2. The van der Waals surface area contributed by atoms with E-state index in [0.29, 0.717) is 40.7 Å². The molecule has 8 heteroatoms. The van der Waals surface area contributed by atoms with E-state index in [2.05, 4.69) is 32.5 Å². The number of carbonyl (C=O) groups excluding carboxylic acids is 1. The van der Waals surface area contributed by atoms with Crippen LogP contribution in [0.15, 0.2) is 48.8 Å². The van der Waals surface area contributed by atoms with E-state index in [9.17, 15) is 4.79 Å². The Bertz CT molecular complexity index is 1080. The molecule has 1 aliphatic heterocycles. The topological polar surface area (TPSA) is 88.6 Å². The molecule has 0 aliphatic carbocycles. The van der Waals surface area contributed by atoms with Crippen LogP contribution >= 0.6 is 0 Å². The fourth-order valence-corrected chi connectivity index (χ4v) is 4.04. The highest BCUT2D eigenvalue weighted by Crippen LogP contribution is 2.34. The molecular formula is C25H31N5O3. The minimum absolute atomic E-state index is 0.145. The van der Waals surface area contributed by atoms with Crippen LogP contribution in [0.4, 0.5) is 10.6 Å². The van der Waals surface area contributed by atoms with Crippen molar-refractivity contribution in [3.05, 3.63) is 54.4 Å². The fourth-order valence-electron chi connectivity index (χ4n) is 4.04. The number of aromatic nitrogens is 2. The van der Waals surface area contributed by atoms with Crippen molar-refractivity contribution in [2.75, 3.05) is 39.2 Å². The molecule has 0 radical (unpaired) electrons. The lowest BCUT2D eigenvalue weighted by Gasteiger charge is -2.28. The summed E-state index contributed by atoms with van der Waals surface area (Å²) in [5, 5.41) is 6.47. The van der Waals surface area contributed by atoms with Gasteiger partial charge in [-0.1, -0.05) is 30.3 Å². The third-order valence-electron chi connectivity index (χ3n) is 6.11. The van der Waals surface area contributed by atoms with Crippen LogP contribution in [0.2, 0.25) is 0 Å².